The van der Waals surface area contributed by atoms with Crippen molar-refractivity contribution in [2.75, 3.05) is 42.3 Å². The Hall–Kier alpha value is 0.230. The van der Waals surface area contributed by atoms with E-state index in [1.807, 2.05) is 0 Å². The monoisotopic (exact) mass is 419 g/mol. The Kier molecular flexibility index (Phi) is 5.54. The van der Waals surface area contributed by atoms with Crippen molar-refractivity contribution >= 4 is 0 Å². The molecule has 0 saturated heterocycles. The van der Waals surface area contributed by atoms with Crippen molar-refractivity contribution in [1.29, 1.82) is 0 Å². The average molecular weight is 418 g/mol. The van der Waals surface area contributed by atoms with Gasteiger partial charge in [-0.15, -0.1) is 0 Å². The van der Waals surface area contributed by atoms with Crippen molar-refractivity contribution in [2.45, 2.75) is 22.9 Å². The third-order valence-corrected chi connectivity index (χ3v) is 24.1. The molecule has 1 rings (SSSR count). The van der Waals surface area contributed by atoms with Gasteiger partial charge in [0.1, 0.15) is 0 Å². The van der Waals surface area contributed by atoms with E-state index in [0.717, 1.165) is 0 Å². The molecule has 18 heavy (non-hydrogen) atoms. The number of nitrogens with zero attached hydrogens (tertiary/aromatic N) is 3. The quantitative estimate of drug-likeness (QED) is 0.615. The van der Waals surface area contributed by atoms with Crippen LogP contribution < -0.4 is 0 Å². The van der Waals surface area contributed by atoms with E-state index in [9.17, 15) is 0 Å². The van der Waals surface area contributed by atoms with Gasteiger partial charge >= 0.3 is 119 Å². The molecule has 0 aromatic rings. The molecule has 0 fully saturated rings. The standard InChI is InChI=1S/C8H11.3C2H6N.Hf/c1-2-5-8-6-3-4-7-8;3*1-3-2;/h3-4,6-7H,2,5H2,1H3;3*1-2H3;/q;3*-1;+3. The second-order valence-corrected chi connectivity index (χ2v) is 23.4. The fourth-order valence-electron chi connectivity index (χ4n) is 3.93. The zero-order valence-corrected chi connectivity index (χ0v) is 16.7. The maximum atomic E-state index is 2.54. The minimum atomic E-state index is -3.02. The van der Waals surface area contributed by atoms with Crippen LogP contribution in [0.5, 0.6) is 0 Å². The molecule has 0 atom stereocenters. The van der Waals surface area contributed by atoms with Crippen LogP contribution in [0.3, 0.4) is 0 Å². The first-order valence-electron chi connectivity index (χ1n) is 6.74. The fourth-order valence-corrected chi connectivity index (χ4v) is 25.9. The van der Waals surface area contributed by atoms with Crippen LogP contribution >= 0.6 is 0 Å². The fraction of sp³-hybridized carbons (Fsp3) is 0.714. The molecule has 1 aliphatic carbocycles. The van der Waals surface area contributed by atoms with Crippen molar-refractivity contribution in [2.24, 2.45) is 0 Å². The zero-order valence-electron chi connectivity index (χ0n) is 13.1. The molecule has 0 saturated carbocycles. The molecule has 0 N–H and O–H groups in total. The molecule has 0 unspecified atom stereocenters. The van der Waals surface area contributed by atoms with Crippen LogP contribution in [0.2, 0.25) is 3.17 Å². The van der Waals surface area contributed by atoms with Gasteiger partial charge in [-0.25, -0.2) is 0 Å². The molecule has 3 nitrogen and oxygen atoms in total. The third kappa shape index (κ3) is 2.33. The van der Waals surface area contributed by atoms with E-state index < -0.39 is 20.8 Å². The summed E-state index contributed by atoms with van der Waals surface area (Å²) in [5, 5.41) is 0. The molecule has 0 aromatic carbocycles. The van der Waals surface area contributed by atoms with E-state index in [1.165, 1.54) is 12.8 Å². The first kappa shape index (κ1) is 16.3. The Balaban J connectivity index is 3.40. The van der Waals surface area contributed by atoms with E-state index in [2.05, 4.69) is 82.2 Å². The van der Waals surface area contributed by atoms with Crippen LogP contribution in [-0.2, 0) is 20.8 Å². The Labute approximate surface area is 119 Å². The van der Waals surface area contributed by atoms with Crippen molar-refractivity contribution in [3.05, 3.63) is 24.3 Å². The summed E-state index contributed by atoms with van der Waals surface area (Å²) < 4.78 is 7.90. The average Bonchev–Trinajstić information content (AvgIpc) is 2.66. The summed E-state index contributed by atoms with van der Waals surface area (Å²) in [5.74, 6) is 0. The van der Waals surface area contributed by atoms with Gasteiger partial charge in [-0.2, -0.15) is 0 Å². The predicted octanol–water partition coefficient (Wildman–Crippen LogP) is 2.65. The molecule has 0 amide bonds. The molecule has 0 radical (unpaired) electrons. The zero-order chi connectivity index (χ0) is 14.0. The van der Waals surface area contributed by atoms with Gasteiger partial charge < -0.3 is 0 Å². The molecular formula is C14H29HfN3. The summed E-state index contributed by atoms with van der Waals surface area (Å²) in [6, 6.07) is 0. The summed E-state index contributed by atoms with van der Waals surface area (Å²) in [6.07, 6.45) is 11.9. The van der Waals surface area contributed by atoms with Crippen LogP contribution in [0.4, 0.5) is 0 Å². The first-order chi connectivity index (χ1) is 8.35. The molecule has 0 heterocycles. The summed E-state index contributed by atoms with van der Waals surface area (Å²) in [6.45, 7) is 2.29. The van der Waals surface area contributed by atoms with Crippen molar-refractivity contribution in [3.63, 3.8) is 0 Å². The molecule has 104 valence electrons. The van der Waals surface area contributed by atoms with Gasteiger partial charge in [-0.05, 0) is 0 Å². The third-order valence-electron chi connectivity index (χ3n) is 4.06. The van der Waals surface area contributed by atoms with Crippen LogP contribution in [0.25, 0.3) is 0 Å². The van der Waals surface area contributed by atoms with E-state index in [-0.39, 0.29) is 3.17 Å². The molecule has 0 aromatic heterocycles. The van der Waals surface area contributed by atoms with Crippen molar-refractivity contribution < 1.29 is 20.8 Å². The van der Waals surface area contributed by atoms with Gasteiger partial charge in [0.2, 0.25) is 0 Å². The summed E-state index contributed by atoms with van der Waals surface area (Å²) in [4.78, 5) is 0. The first-order valence-corrected chi connectivity index (χ1v) is 13.4. The van der Waals surface area contributed by atoms with E-state index in [4.69, 9.17) is 0 Å². The number of rotatable bonds is 6. The molecule has 0 bridgehead atoms. The minimum absolute atomic E-state index is 0.262. The Bertz CT molecular complexity index is 298. The van der Waals surface area contributed by atoms with Crippen molar-refractivity contribution in [1.82, 2.24) is 8.66 Å². The second kappa shape index (κ2) is 6.12. The molecular weight excluding hydrogens is 389 g/mol. The van der Waals surface area contributed by atoms with Crippen LogP contribution in [0, 0.1) is 0 Å². The van der Waals surface area contributed by atoms with E-state index >= 15 is 0 Å². The van der Waals surface area contributed by atoms with E-state index in [1.54, 1.807) is 0 Å². The van der Waals surface area contributed by atoms with Gasteiger partial charge in [0, 0.05) is 0 Å². The second-order valence-electron chi connectivity index (χ2n) is 5.83. The Morgan fingerprint density at radius 1 is 0.833 bits per heavy atom. The number of hydrogen-bond acceptors (Lipinski definition) is 3. The molecule has 0 spiro atoms. The van der Waals surface area contributed by atoms with Gasteiger partial charge in [0.15, 0.2) is 0 Å². The summed E-state index contributed by atoms with van der Waals surface area (Å²) in [7, 11) is 13.6. The van der Waals surface area contributed by atoms with E-state index in [0.29, 0.717) is 0 Å². The van der Waals surface area contributed by atoms with Gasteiger partial charge in [-0.3, -0.25) is 0 Å². The Morgan fingerprint density at radius 3 is 1.50 bits per heavy atom. The molecule has 0 aliphatic heterocycles. The summed E-state index contributed by atoms with van der Waals surface area (Å²) in [5.41, 5.74) is 0. The summed E-state index contributed by atoms with van der Waals surface area (Å²) >= 11 is -3.02. The molecule has 1 aliphatic rings. The van der Waals surface area contributed by atoms with Gasteiger partial charge in [0.05, 0.1) is 0 Å². The molecule has 4 heteroatoms. The predicted molar refractivity (Wildman–Crippen MR) is 76.9 cm³/mol. The SMILES string of the molecule is CCC[C]1([Hf]([N](C)C)([N](C)C)[N](C)C)C=CC=C1. The van der Waals surface area contributed by atoms with Crippen LogP contribution in [0.15, 0.2) is 24.3 Å². The topological polar surface area (TPSA) is 9.72 Å². The van der Waals surface area contributed by atoms with Crippen LogP contribution in [0.1, 0.15) is 19.8 Å². The Morgan fingerprint density at radius 2 is 1.22 bits per heavy atom. The van der Waals surface area contributed by atoms with Gasteiger partial charge in [0.25, 0.3) is 0 Å². The van der Waals surface area contributed by atoms with Crippen molar-refractivity contribution in [3.8, 4) is 0 Å². The van der Waals surface area contributed by atoms with Crippen LogP contribution in [-0.4, -0.2) is 50.9 Å². The normalized spacial score (nSPS) is 18.6. The number of allylic oxidation sites excluding steroid dienone is 4. The number of hydrogen-bond donors (Lipinski definition) is 0. The maximum absolute atomic E-state index is 3.02. The van der Waals surface area contributed by atoms with Gasteiger partial charge in [-0.1, -0.05) is 0 Å².